The second-order valence-corrected chi connectivity index (χ2v) is 4.76. The lowest BCUT2D eigenvalue weighted by Crippen LogP contribution is -2.26. The highest BCUT2D eigenvalue weighted by molar-refractivity contribution is 5.90. The SMILES string of the molecule is CO[C@@H]1CN[C@@H](c2nc(C(=O)NC3CC3)no2)C1. The van der Waals surface area contributed by atoms with Crippen molar-refractivity contribution in [2.24, 2.45) is 0 Å². The molecule has 2 N–H and O–H groups in total. The van der Waals surface area contributed by atoms with E-state index in [1.165, 1.54) is 0 Å². The molecular weight excluding hydrogens is 236 g/mol. The summed E-state index contributed by atoms with van der Waals surface area (Å²) >= 11 is 0. The molecule has 1 amide bonds. The molecular formula is C11H16N4O3. The maximum absolute atomic E-state index is 11.7. The lowest BCUT2D eigenvalue weighted by atomic mass is 10.2. The minimum absolute atomic E-state index is 0.0232. The van der Waals surface area contributed by atoms with E-state index in [-0.39, 0.29) is 23.9 Å². The van der Waals surface area contributed by atoms with Gasteiger partial charge in [0.2, 0.25) is 5.89 Å². The van der Waals surface area contributed by atoms with Crippen molar-refractivity contribution in [1.82, 2.24) is 20.8 Å². The van der Waals surface area contributed by atoms with Gasteiger partial charge in [-0.2, -0.15) is 4.98 Å². The lowest BCUT2D eigenvalue weighted by molar-refractivity contribution is 0.0937. The van der Waals surface area contributed by atoms with Crippen LogP contribution in [0.3, 0.4) is 0 Å². The first-order chi connectivity index (χ1) is 8.76. The van der Waals surface area contributed by atoms with Gasteiger partial charge in [0, 0.05) is 19.7 Å². The van der Waals surface area contributed by atoms with E-state index >= 15 is 0 Å². The van der Waals surface area contributed by atoms with Gasteiger partial charge < -0.3 is 19.9 Å². The number of nitrogens with zero attached hydrogens (tertiary/aromatic N) is 2. The van der Waals surface area contributed by atoms with E-state index in [9.17, 15) is 4.79 Å². The normalized spacial score (nSPS) is 27.4. The van der Waals surface area contributed by atoms with Gasteiger partial charge in [0.1, 0.15) is 0 Å². The first-order valence-corrected chi connectivity index (χ1v) is 6.17. The summed E-state index contributed by atoms with van der Waals surface area (Å²) in [5.41, 5.74) is 0. The molecule has 1 aromatic rings. The molecule has 1 saturated carbocycles. The molecule has 7 heteroatoms. The highest BCUT2D eigenvalue weighted by atomic mass is 16.5. The molecule has 3 rings (SSSR count). The summed E-state index contributed by atoms with van der Waals surface area (Å²) in [5, 5.41) is 9.76. The number of nitrogens with one attached hydrogen (secondary N) is 2. The molecule has 0 radical (unpaired) electrons. The Balaban J connectivity index is 1.63. The highest BCUT2D eigenvalue weighted by Gasteiger charge is 2.31. The molecule has 2 atom stereocenters. The van der Waals surface area contributed by atoms with Crippen LogP contribution in [0.1, 0.15) is 41.8 Å². The van der Waals surface area contributed by atoms with Crippen LogP contribution in [0.15, 0.2) is 4.52 Å². The number of amides is 1. The Morgan fingerprint density at radius 2 is 2.39 bits per heavy atom. The smallest absolute Gasteiger partial charge is 0.292 e. The fourth-order valence-corrected chi connectivity index (χ4v) is 2.02. The van der Waals surface area contributed by atoms with Gasteiger partial charge >= 0.3 is 0 Å². The van der Waals surface area contributed by atoms with Gasteiger partial charge in [-0.05, 0) is 19.3 Å². The number of ether oxygens (including phenoxy) is 1. The molecule has 1 aliphatic heterocycles. The molecule has 2 heterocycles. The number of rotatable bonds is 4. The van der Waals surface area contributed by atoms with E-state index in [0.29, 0.717) is 11.9 Å². The van der Waals surface area contributed by atoms with Gasteiger partial charge in [-0.1, -0.05) is 5.16 Å². The molecule has 0 unspecified atom stereocenters. The largest absolute Gasteiger partial charge is 0.380 e. The predicted octanol–water partition coefficient (Wildman–Crippen LogP) is 0.0112. The molecule has 18 heavy (non-hydrogen) atoms. The third-order valence-corrected chi connectivity index (χ3v) is 3.28. The topological polar surface area (TPSA) is 89.3 Å². The van der Waals surface area contributed by atoms with E-state index < -0.39 is 0 Å². The number of hydrogen-bond donors (Lipinski definition) is 2. The fourth-order valence-electron chi connectivity index (χ4n) is 2.02. The first-order valence-electron chi connectivity index (χ1n) is 6.17. The van der Waals surface area contributed by atoms with Crippen molar-refractivity contribution in [3.8, 4) is 0 Å². The first kappa shape index (κ1) is 11.6. The van der Waals surface area contributed by atoms with Gasteiger partial charge in [0.25, 0.3) is 11.7 Å². The van der Waals surface area contributed by atoms with Crippen LogP contribution in [0.5, 0.6) is 0 Å². The Hall–Kier alpha value is -1.47. The zero-order valence-corrected chi connectivity index (χ0v) is 10.2. The number of hydrogen-bond acceptors (Lipinski definition) is 6. The Kier molecular flexibility index (Phi) is 3.00. The predicted molar refractivity (Wildman–Crippen MR) is 60.9 cm³/mol. The van der Waals surface area contributed by atoms with Crippen molar-refractivity contribution in [2.45, 2.75) is 37.5 Å². The average Bonchev–Trinajstić information content (AvgIpc) is 2.91. The number of aromatic nitrogens is 2. The van der Waals surface area contributed by atoms with Crippen LogP contribution in [0.2, 0.25) is 0 Å². The van der Waals surface area contributed by atoms with Crippen LogP contribution in [0.4, 0.5) is 0 Å². The average molecular weight is 252 g/mol. The van der Waals surface area contributed by atoms with Crippen molar-refractivity contribution in [3.05, 3.63) is 11.7 Å². The minimum Gasteiger partial charge on any atom is -0.380 e. The van der Waals surface area contributed by atoms with Crippen LogP contribution in [-0.2, 0) is 4.74 Å². The summed E-state index contributed by atoms with van der Waals surface area (Å²) in [4.78, 5) is 15.8. The monoisotopic (exact) mass is 252 g/mol. The molecule has 1 saturated heterocycles. The number of carbonyl (C=O) groups is 1. The van der Waals surface area contributed by atoms with Gasteiger partial charge in [-0.25, -0.2) is 0 Å². The molecule has 98 valence electrons. The van der Waals surface area contributed by atoms with E-state index in [4.69, 9.17) is 9.26 Å². The molecule has 0 aromatic carbocycles. The van der Waals surface area contributed by atoms with Crippen LogP contribution in [0.25, 0.3) is 0 Å². The Labute approximate surface area is 104 Å². The minimum atomic E-state index is -0.256. The quantitative estimate of drug-likeness (QED) is 0.784. The zero-order chi connectivity index (χ0) is 12.5. The Morgan fingerprint density at radius 3 is 3.06 bits per heavy atom. The van der Waals surface area contributed by atoms with Gasteiger partial charge in [0.05, 0.1) is 12.1 Å². The summed E-state index contributed by atoms with van der Waals surface area (Å²) in [5.74, 6) is 0.309. The maximum Gasteiger partial charge on any atom is 0.292 e. The summed E-state index contributed by atoms with van der Waals surface area (Å²) in [6, 6.07) is 0.270. The Morgan fingerprint density at radius 1 is 1.56 bits per heavy atom. The highest BCUT2D eigenvalue weighted by Crippen LogP contribution is 2.23. The summed E-state index contributed by atoms with van der Waals surface area (Å²) < 4.78 is 10.4. The van der Waals surface area contributed by atoms with Crippen LogP contribution in [-0.4, -0.2) is 41.8 Å². The molecule has 0 bridgehead atoms. The van der Waals surface area contributed by atoms with E-state index in [2.05, 4.69) is 20.8 Å². The third kappa shape index (κ3) is 2.37. The van der Waals surface area contributed by atoms with Crippen LogP contribution >= 0.6 is 0 Å². The van der Waals surface area contributed by atoms with Crippen molar-refractivity contribution in [2.75, 3.05) is 13.7 Å². The maximum atomic E-state index is 11.7. The standard InChI is InChI=1S/C11H16N4O3/c1-17-7-4-8(12-5-7)11-14-9(15-18-11)10(16)13-6-2-3-6/h6-8,12H,2-5H2,1H3,(H,13,16)/t7-,8+/m0/s1. The second kappa shape index (κ2) is 4.66. The zero-order valence-electron chi connectivity index (χ0n) is 10.2. The molecule has 1 aliphatic carbocycles. The van der Waals surface area contributed by atoms with Crippen LogP contribution < -0.4 is 10.6 Å². The van der Waals surface area contributed by atoms with E-state index in [0.717, 1.165) is 25.8 Å². The summed E-state index contributed by atoms with van der Waals surface area (Å²) in [6.45, 7) is 0.757. The number of carbonyl (C=O) groups excluding carboxylic acids is 1. The van der Waals surface area contributed by atoms with Gasteiger partial charge in [-0.15, -0.1) is 0 Å². The van der Waals surface area contributed by atoms with Crippen LogP contribution in [0, 0.1) is 0 Å². The Bertz CT molecular complexity index is 443. The molecule has 2 aliphatic rings. The fraction of sp³-hybridized carbons (Fsp3) is 0.727. The lowest BCUT2D eigenvalue weighted by Gasteiger charge is -2.04. The number of methoxy groups -OCH3 is 1. The molecule has 0 spiro atoms. The van der Waals surface area contributed by atoms with Crippen molar-refractivity contribution in [3.63, 3.8) is 0 Å². The van der Waals surface area contributed by atoms with Crippen molar-refractivity contribution < 1.29 is 14.1 Å². The van der Waals surface area contributed by atoms with Crippen molar-refractivity contribution in [1.29, 1.82) is 0 Å². The third-order valence-electron chi connectivity index (χ3n) is 3.28. The summed E-state index contributed by atoms with van der Waals surface area (Å²) in [6.07, 6.45) is 3.01. The second-order valence-electron chi connectivity index (χ2n) is 4.76. The molecule has 1 aromatic heterocycles. The van der Waals surface area contributed by atoms with E-state index in [1.807, 2.05) is 0 Å². The van der Waals surface area contributed by atoms with E-state index in [1.54, 1.807) is 7.11 Å². The van der Waals surface area contributed by atoms with Gasteiger partial charge in [0.15, 0.2) is 0 Å². The summed E-state index contributed by atoms with van der Waals surface area (Å²) in [7, 11) is 1.68. The van der Waals surface area contributed by atoms with Crippen molar-refractivity contribution >= 4 is 5.91 Å². The molecule has 7 nitrogen and oxygen atoms in total. The van der Waals surface area contributed by atoms with Gasteiger partial charge in [-0.3, -0.25) is 4.79 Å². The molecule has 2 fully saturated rings.